The number of hydrogen-bond donors (Lipinski definition) is 0. The van der Waals surface area contributed by atoms with E-state index in [9.17, 15) is 0 Å². The number of rotatable bonds is 0. The molecular weight excluding hydrogens is 172 g/mol. The van der Waals surface area contributed by atoms with Gasteiger partial charge in [-0.3, -0.25) is 9.98 Å². The average molecular weight is 188 g/mol. The van der Waals surface area contributed by atoms with Crippen LogP contribution in [0.4, 0.5) is 0 Å². The van der Waals surface area contributed by atoms with Crippen molar-refractivity contribution < 1.29 is 0 Å². The molecule has 2 aliphatic heterocycles. The molecule has 1 atom stereocenters. The first kappa shape index (κ1) is 9.38. The van der Waals surface area contributed by atoms with Gasteiger partial charge in [0.05, 0.1) is 6.04 Å². The molecule has 14 heavy (non-hydrogen) atoms. The van der Waals surface area contributed by atoms with Crippen molar-refractivity contribution in [1.29, 1.82) is 0 Å². The van der Waals surface area contributed by atoms with Crippen LogP contribution < -0.4 is 0 Å². The molecule has 2 heterocycles. The summed E-state index contributed by atoms with van der Waals surface area (Å²) in [7, 11) is 0. The van der Waals surface area contributed by atoms with Crippen molar-refractivity contribution in [3.05, 3.63) is 23.9 Å². The predicted molar refractivity (Wildman–Crippen MR) is 61.0 cm³/mol. The van der Waals surface area contributed by atoms with E-state index in [0.29, 0.717) is 0 Å². The lowest BCUT2D eigenvalue weighted by atomic mass is 9.85. The first-order chi connectivity index (χ1) is 6.57. The second-order valence-electron chi connectivity index (χ2n) is 4.80. The van der Waals surface area contributed by atoms with Gasteiger partial charge in [-0.05, 0) is 11.6 Å². The molecule has 0 saturated heterocycles. The van der Waals surface area contributed by atoms with Gasteiger partial charge in [0, 0.05) is 30.0 Å². The standard InChI is InChI=1S/C12H16N2/c1-12(2,3)11-5-4-9-8-13-7-6-10(9)14-11/h4,6-8,10H,5H2,1-3H3. The Balaban J connectivity index is 2.26. The van der Waals surface area contributed by atoms with Crippen molar-refractivity contribution in [2.75, 3.05) is 0 Å². The Labute approximate surface area is 85.2 Å². The quantitative estimate of drug-likeness (QED) is 0.558. The first-order valence-corrected chi connectivity index (χ1v) is 5.04. The highest BCUT2D eigenvalue weighted by molar-refractivity contribution is 5.95. The summed E-state index contributed by atoms with van der Waals surface area (Å²) in [6.07, 6.45) is 9.00. The molecule has 2 aliphatic rings. The van der Waals surface area contributed by atoms with Crippen LogP contribution in [0.25, 0.3) is 0 Å². The summed E-state index contributed by atoms with van der Waals surface area (Å²) in [6.45, 7) is 6.64. The van der Waals surface area contributed by atoms with E-state index in [1.165, 1.54) is 11.3 Å². The lowest BCUT2D eigenvalue weighted by Gasteiger charge is -2.27. The van der Waals surface area contributed by atoms with Crippen molar-refractivity contribution in [1.82, 2.24) is 0 Å². The minimum atomic E-state index is 0.185. The lowest BCUT2D eigenvalue weighted by Crippen LogP contribution is -2.26. The smallest absolute Gasteiger partial charge is 0.0959 e. The molecule has 0 N–H and O–H groups in total. The topological polar surface area (TPSA) is 24.7 Å². The molecule has 0 aliphatic carbocycles. The van der Waals surface area contributed by atoms with Gasteiger partial charge in [-0.1, -0.05) is 26.8 Å². The minimum absolute atomic E-state index is 0.185. The van der Waals surface area contributed by atoms with E-state index in [4.69, 9.17) is 4.99 Å². The molecule has 0 fully saturated rings. The van der Waals surface area contributed by atoms with Gasteiger partial charge in [0.2, 0.25) is 0 Å². The van der Waals surface area contributed by atoms with Gasteiger partial charge in [0.25, 0.3) is 0 Å². The Morgan fingerprint density at radius 3 is 2.86 bits per heavy atom. The first-order valence-electron chi connectivity index (χ1n) is 5.04. The average Bonchev–Trinajstić information content (AvgIpc) is 2.16. The number of nitrogens with zero attached hydrogens (tertiary/aromatic N) is 2. The van der Waals surface area contributed by atoms with E-state index in [0.717, 1.165) is 6.42 Å². The van der Waals surface area contributed by atoms with Gasteiger partial charge in [-0.2, -0.15) is 0 Å². The molecule has 0 spiro atoms. The summed E-state index contributed by atoms with van der Waals surface area (Å²) < 4.78 is 0. The maximum absolute atomic E-state index is 4.75. The van der Waals surface area contributed by atoms with E-state index in [1.54, 1.807) is 0 Å². The molecule has 0 aromatic rings. The monoisotopic (exact) mass is 188 g/mol. The zero-order chi connectivity index (χ0) is 10.2. The summed E-state index contributed by atoms with van der Waals surface area (Å²) in [5.74, 6) is 0. The molecule has 0 bridgehead atoms. The highest BCUT2D eigenvalue weighted by Gasteiger charge is 2.24. The van der Waals surface area contributed by atoms with E-state index in [2.05, 4.69) is 37.9 Å². The van der Waals surface area contributed by atoms with E-state index in [-0.39, 0.29) is 11.5 Å². The van der Waals surface area contributed by atoms with E-state index >= 15 is 0 Å². The van der Waals surface area contributed by atoms with Crippen LogP contribution in [0.3, 0.4) is 0 Å². The summed E-state index contributed by atoms with van der Waals surface area (Å²) in [5.41, 5.74) is 2.71. The summed E-state index contributed by atoms with van der Waals surface area (Å²) in [6, 6.07) is 0.218. The molecule has 2 heteroatoms. The van der Waals surface area contributed by atoms with Crippen LogP contribution in [0.2, 0.25) is 0 Å². The molecule has 0 amide bonds. The van der Waals surface area contributed by atoms with Crippen molar-refractivity contribution in [2.24, 2.45) is 15.4 Å². The maximum atomic E-state index is 4.75. The van der Waals surface area contributed by atoms with E-state index < -0.39 is 0 Å². The molecule has 2 rings (SSSR count). The Bertz CT molecular complexity index is 351. The predicted octanol–water partition coefficient (Wildman–Crippen LogP) is 2.77. The third-order valence-corrected chi connectivity index (χ3v) is 2.61. The van der Waals surface area contributed by atoms with Gasteiger partial charge >= 0.3 is 0 Å². The molecule has 0 aromatic heterocycles. The van der Waals surface area contributed by atoms with Crippen LogP contribution >= 0.6 is 0 Å². The van der Waals surface area contributed by atoms with Gasteiger partial charge in [-0.25, -0.2) is 0 Å². The van der Waals surface area contributed by atoms with E-state index in [1.807, 2.05) is 12.4 Å². The van der Waals surface area contributed by atoms with Gasteiger partial charge in [-0.15, -0.1) is 0 Å². The van der Waals surface area contributed by atoms with Gasteiger partial charge < -0.3 is 0 Å². The van der Waals surface area contributed by atoms with Crippen molar-refractivity contribution in [2.45, 2.75) is 33.2 Å². The normalized spacial score (nSPS) is 25.5. The molecule has 0 radical (unpaired) electrons. The SMILES string of the molecule is CC(C)(C)C1=NC2C=CN=CC2=CC1. The summed E-state index contributed by atoms with van der Waals surface area (Å²) in [4.78, 5) is 8.85. The Morgan fingerprint density at radius 1 is 1.36 bits per heavy atom. The minimum Gasteiger partial charge on any atom is -0.281 e. The van der Waals surface area contributed by atoms with Crippen LogP contribution in [0.1, 0.15) is 27.2 Å². The van der Waals surface area contributed by atoms with Crippen molar-refractivity contribution >= 4 is 11.9 Å². The molecule has 0 aromatic carbocycles. The number of allylic oxidation sites excluding steroid dienone is 1. The van der Waals surface area contributed by atoms with Crippen LogP contribution in [-0.2, 0) is 0 Å². The number of dihydropyridines is 1. The largest absolute Gasteiger partial charge is 0.281 e. The number of fused-ring (bicyclic) bond motifs is 1. The third-order valence-electron chi connectivity index (χ3n) is 2.61. The second kappa shape index (κ2) is 3.19. The highest BCUT2D eigenvalue weighted by atomic mass is 14.8. The Kier molecular flexibility index (Phi) is 2.14. The molecule has 0 saturated carbocycles. The summed E-state index contributed by atoms with van der Waals surface area (Å²) in [5, 5.41) is 0. The second-order valence-corrected chi connectivity index (χ2v) is 4.80. The fourth-order valence-corrected chi connectivity index (χ4v) is 1.67. The van der Waals surface area contributed by atoms with Crippen LogP contribution in [0.5, 0.6) is 0 Å². The molecule has 74 valence electrons. The number of hydrogen-bond acceptors (Lipinski definition) is 2. The Morgan fingerprint density at radius 2 is 2.14 bits per heavy atom. The van der Waals surface area contributed by atoms with Crippen LogP contribution in [0.15, 0.2) is 33.9 Å². The van der Waals surface area contributed by atoms with Crippen molar-refractivity contribution in [3.8, 4) is 0 Å². The lowest BCUT2D eigenvalue weighted by molar-refractivity contribution is 0.575. The molecule has 2 nitrogen and oxygen atoms in total. The zero-order valence-electron chi connectivity index (χ0n) is 8.99. The fraction of sp³-hybridized carbons (Fsp3) is 0.500. The van der Waals surface area contributed by atoms with Crippen LogP contribution in [-0.4, -0.2) is 18.0 Å². The fourth-order valence-electron chi connectivity index (χ4n) is 1.67. The molecule has 1 unspecified atom stereocenters. The van der Waals surface area contributed by atoms with Crippen molar-refractivity contribution in [3.63, 3.8) is 0 Å². The highest BCUT2D eigenvalue weighted by Crippen LogP contribution is 2.26. The summed E-state index contributed by atoms with van der Waals surface area (Å²) >= 11 is 0. The third kappa shape index (κ3) is 1.69. The number of aliphatic imine (C=N–C) groups is 2. The Hall–Kier alpha value is -1.18. The van der Waals surface area contributed by atoms with Gasteiger partial charge in [0.1, 0.15) is 0 Å². The van der Waals surface area contributed by atoms with Crippen LogP contribution in [0, 0.1) is 5.41 Å². The van der Waals surface area contributed by atoms with Gasteiger partial charge in [0.15, 0.2) is 0 Å². The molecular formula is C12H16N2. The zero-order valence-corrected chi connectivity index (χ0v) is 8.99. The maximum Gasteiger partial charge on any atom is 0.0959 e.